The largest absolute Gasteiger partial charge is 0.573 e. The van der Waals surface area contributed by atoms with Crippen molar-refractivity contribution in [3.8, 4) is 5.75 Å². The summed E-state index contributed by atoms with van der Waals surface area (Å²) >= 11 is 1.38. The van der Waals surface area contributed by atoms with Crippen molar-refractivity contribution < 1.29 is 35.5 Å². The van der Waals surface area contributed by atoms with Crippen molar-refractivity contribution in [3.63, 3.8) is 0 Å². The van der Waals surface area contributed by atoms with Crippen LogP contribution in [0.15, 0.2) is 52.3 Å². The first-order valence-electron chi connectivity index (χ1n) is 9.11. The minimum Gasteiger partial charge on any atom is -0.406 e. The normalized spacial score (nSPS) is 16.5. The van der Waals surface area contributed by atoms with Crippen LogP contribution in [0.4, 0.5) is 17.6 Å². The standard InChI is InChI=1S/C19H18F4N2O4S2/c20-15-3-1-2-14-16(9-11-30-18(14)15)25-17(26)8-10-24-31(27,28)13-6-4-12(5-7-13)29-19(21,22)23/h1-7,16,24H,8-11H2,(H,25,26)/t16-/m1/s1. The average Bonchev–Trinajstić information content (AvgIpc) is 2.68. The van der Waals surface area contributed by atoms with E-state index in [1.54, 1.807) is 12.1 Å². The number of thioether (sulfide) groups is 1. The zero-order valence-corrected chi connectivity index (χ0v) is 17.5. The third-order valence-corrected chi connectivity index (χ3v) is 7.01. The fourth-order valence-electron chi connectivity index (χ4n) is 3.01. The van der Waals surface area contributed by atoms with Crippen LogP contribution in [-0.2, 0) is 14.8 Å². The highest BCUT2D eigenvalue weighted by molar-refractivity contribution is 7.99. The maximum Gasteiger partial charge on any atom is 0.573 e. The minimum atomic E-state index is -4.88. The number of amides is 1. The molecule has 1 aliphatic heterocycles. The summed E-state index contributed by atoms with van der Waals surface area (Å²) in [7, 11) is -4.02. The molecule has 1 amide bonds. The molecule has 1 heterocycles. The summed E-state index contributed by atoms with van der Waals surface area (Å²) in [6.45, 7) is -0.216. The highest BCUT2D eigenvalue weighted by Gasteiger charge is 2.31. The van der Waals surface area contributed by atoms with Crippen molar-refractivity contribution in [2.75, 3.05) is 12.3 Å². The van der Waals surface area contributed by atoms with E-state index in [0.29, 0.717) is 22.6 Å². The monoisotopic (exact) mass is 478 g/mol. The van der Waals surface area contributed by atoms with Gasteiger partial charge >= 0.3 is 6.36 Å². The molecule has 2 N–H and O–H groups in total. The molecular weight excluding hydrogens is 460 g/mol. The summed E-state index contributed by atoms with van der Waals surface area (Å²) in [5.74, 6) is -0.669. The molecule has 2 aromatic rings. The number of sulfonamides is 1. The van der Waals surface area contributed by atoms with Crippen LogP contribution in [0.1, 0.15) is 24.4 Å². The van der Waals surface area contributed by atoms with E-state index in [1.807, 2.05) is 0 Å². The smallest absolute Gasteiger partial charge is 0.406 e. The molecule has 1 aliphatic rings. The van der Waals surface area contributed by atoms with Crippen LogP contribution in [0.2, 0.25) is 0 Å². The average molecular weight is 478 g/mol. The van der Waals surface area contributed by atoms with Crippen LogP contribution < -0.4 is 14.8 Å². The molecule has 12 heteroatoms. The van der Waals surface area contributed by atoms with E-state index in [2.05, 4.69) is 14.8 Å². The Morgan fingerprint density at radius 3 is 2.55 bits per heavy atom. The van der Waals surface area contributed by atoms with Gasteiger partial charge in [0.15, 0.2) is 0 Å². The van der Waals surface area contributed by atoms with E-state index in [0.717, 1.165) is 24.3 Å². The Morgan fingerprint density at radius 1 is 1.16 bits per heavy atom. The van der Waals surface area contributed by atoms with Gasteiger partial charge in [0.1, 0.15) is 11.6 Å². The zero-order chi connectivity index (χ0) is 22.6. The van der Waals surface area contributed by atoms with E-state index in [9.17, 15) is 30.8 Å². The second-order valence-corrected chi connectivity index (χ2v) is 9.45. The predicted molar refractivity (Wildman–Crippen MR) is 106 cm³/mol. The summed E-state index contributed by atoms with van der Waals surface area (Å²) < 4.78 is 80.9. The molecule has 168 valence electrons. The number of nitrogens with one attached hydrogen (secondary N) is 2. The van der Waals surface area contributed by atoms with Crippen LogP contribution >= 0.6 is 11.8 Å². The van der Waals surface area contributed by atoms with Crippen molar-refractivity contribution in [3.05, 3.63) is 53.8 Å². The Hall–Kier alpha value is -2.31. The predicted octanol–water partition coefficient (Wildman–Crippen LogP) is 3.75. The summed E-state index contributed by atoms with van der Waals surface area (Å²) in [6.07, 6.45) is -4.43. The number of hydrogen-bond acceptors (Lipinski definition) is 5. The molecule has 1 atom stereocenters. The molecule has 6 nitrogen and oxygen atoms in total. The minimum absolute atomic E-state index is 0.164. The van der Waals surface area contributed by atoms with Gasteiger partial charge in [-0.2, -0.15) is 0 Å². The lowest BCUT2D eigenvalue weighted by atomic mass is 10.0. The first-order valence-corrected chi connectivity index (χ1v) is 11.6. The maximum atomic E-state index is 13.9. The lowest BCUT2D eigenvalue weighted by molar-refractivity contribution is -0.274. The number of ether oxygens (including phenoxy) is 1. The topological polar surface area (TPSA) is 84.5 Å². The summed E-state index contributed by atoms with van der Waals surface area (Å²) in [6, 6.07) is 7.99. The Bertz CT molecular complexity index is 1040. The van der Waals surface area contributed by atoms with Crippen LogP contribution in [0.5, 0.6) is 5.75 Å². The fraction of sp³-hybridized carbons (Fsp3) is 0.316. The fourth-order valence-corrected chi connectivity index (χ4v) is 5.18. The zero-order valence-electron chi connectivity index (χ0n) is 15.9. The molecule has 0 spiro atoms. The van der Waals surface area contributed by atoms with Gasteiger partial charge < -0.3 is 10.1 Å². The molecule has 3 rings (SSSR count). The SMILES string of the molecule is O=C(CCNS(=O)(=O)c1ccc(OC(F)(F)F)cc1)N[C@@H]1CCSc2c(F)cccc21. The van der Waals surface area contributed by atoms with Gasteiger partial charge in [-0.05, 0) is 42.3 Å². The summed E-state index contributed by atoms with van der Waals surface area (Å²) in [4.78, 5) is 12.5. The molecule has 0 saturated heterocycles. The third kappa shape index (κ3) is 6.34. The van der Waals surface area contributed by atoms with E-state index >= 15 is 0 Å². The summed E-state index contributed by atoms with van der Waals surface area (Å²) in [5.41, 5.74) is 0.686. The van der Waals surface area contributed by atoms with Gasteiger partial charge in [-0.1, -0.05) is 12.1 Å². The number of halogens is 4. The Kier molecular flexibility index (Phi) is 7.12. The van der Waals surface area contributed by atoms with Gasteiger partial charge in [0.25, 0.3) is 0 Å². The second kappa shape index (κ2) is 9.45. The van der Waals surface area contributed by atoms with E-state index in [4.69, 9.17) is 0 Å². The third-order valence-electron chi connectivity index (χ3n) is 4.37. The molecular formula is C19H18F4N2O4S2. The molecule has 31 heavy (non-hydrogen) atoms. The molecule has 0 radical (unpaired) electrons. The number of fused-ring (bicyclic) bond motifs is 1. The van der Waals surface area contributed by atoms with Crippen molar-refractivity contribution in [1.82, 2.24) is 10.0 Å². The number of hydrogen-bond donors (Lipinski definition) is 2. The number of rotatable bonds is 7. The lowest BCUT2D eigenvalue weighted by Crippen LogP contribution is -2.34. The van der Waals surface area contributed by atoms with Crippen molar-refractivity contribution in [2.24, 2.45) is 0 Å². The summed E-state index contributed by atoms with van der Waals surface area (Å²) in [5, 5.41) is 2.78. The number of alkyl halides is 3. The Labute approximate surface area is 180 Å². The highest BCUT2D eigenvalue weighted by Crippen LogP contribution is 2.37. The van der Waals surface area contributed by atoms with Crippen LogP contribution in [0, 0.1) is 5.82 Å². The molecule has 0 aliphatic carbocycles. The first-order chi connectivity index (χ1) is 14.5. The second-order valence-electron chi connectivity index (χ2n) is 6.58. The van der Waals surface area contributed by atoms with E-state index in [-0.39, 0.29) is 29.7 Å². The maximum absolute atomic E-state index is 13.9. The number of carbonyl (C=O) groups is 1. The van der Waals surface area contributed by atoms with Crippen molar-refractivity contribution >= 4 is 27.7 Å². The Morgan fingerprint density at radius 2 is 1.87 bits per heavy atom. The van der Waals surface area contributed by atoms with E-state index < -0.39 is 28.0 Å². The van der Waals surface area contributed by atoms with Crippen LogP contribution in [0.3, 0.4) is 0 Å². The van der Waals surface area contributed by atoms with Gasteiger partial charge in [0.05, 0.1) is 10.9 Å². The number of benzene rings is 2. The molecule has 0 unspecified atom stereocenters. The van der Waals surface area contributed by atoms with Crippen LogP contribution in [-0.4, -0.2) is 33.0 Å². The molecule has 0 saturated carbocycles. The molecule has 0 bridgehead atoms. The van der Waals surface area contributed by atoms with Gasteiger partial charge in [0, 0.05) is 23.6 Å². The van der Waals surface area contributed by atoms with E-state index in [1.165, 1.54) is 17.8 Å². The van der Waals surface area contributed by atoms with Gasteiger partial charge in [-0.25, -0.2) is 17.5 Å². The Balaban J connectivity index is 1.53. The van der Waals surface area contributed by atoms with Gasteiger partial charge in [0.2, 0.25) is 15.9 Å². The van der Waals surface area contributed by atoms with Crippen LogP contribution in [0.25, 0.3) is 0 Å². The quantitative estimate of drug-likeness (QED) is 0.593. The number of carbonyl (C=O) groups excluding carboxylic acids is 1. The molecule has 0 aromatic heterocycles. The lowest BCUT2D eigenvalue weighted by Gasteiger charge is -2.26. The van der Waals surface area contributed by atoms with Crippen molar-refractivity contribution in [2.45, 2.75) is 35.0 Å². The van der Waals surface area contributed by atoms with Gasteiger partial charge in [-0.15, -0.1) is 24.9 Å². The molecule has 2 aromatic carbocycles. The van der Waals surface area contributed by atoms with Crippen molar-refractivity contribution in [1.29, 1.82) is 0 Å². The first kappa shape index (κ1) is 23.4. The van der Waals surface area contributed by atoms with Gasteiger partial charge in [-0.3, -0.25) is 4.79 Å². The molecule has 0 fully saturated rings. The highest BCUT2D eigenvalue weighted by atomic mass is 32.2.